The van der Waals surface area contributed by atoms with Crippen LogP contribution >= 0.6 is 0 Å². The molecule has 3 amide bonds. The van der Waals surface area contributed by atoms with Crippen molar-refractivity contribution in [3.05, 3.63) is 84.4 Å². The Balaban J connectivity index is 1.23. The zero-order valence-electron chi connectivity index (χ0n) is 24.3. The minimum absolute atomic E-state index is 0.0131. The lowest BCUT2D eigenvalue weighted by atomic mass is 10.0. The van der Waals surface area contributed by atoms with Crippen molar-refractivity contribution in [3.8, 4) is 0 Å². The quantitative estimate of drug-likeness (QED) is 0.133. The summed E-state index contributed by atoms with van der Waals surface area (Å²) in [5.41, 5.74) is 8.03. The van der Waals surface area contributed by atoms with Crippen molar-refractivity contribution < 1.29 is 34.1 Å². The monoisotopic (exact) mass is 618 g/mol. The van der Waals surface area contributed by atoms with Crippen LogP contribution in [0.4, 0.5) is 10.6 Å². The van der Waals surface area contributed by atoms with Crippen LogP contribution in [0.5, 0.6) is 0 Å². The van der Waals surface area contributed by atoms with E-state index in [9.17, 15) is 24.6 Å². The molecule has 236 valence electrons. The maximum Gasteiger partial charge on any atom is 0.408 e. The second-order valence-electron chi connectivity index (χ2n) is 10.5. The molecular weight excluding hydrogens is 584 g/mol. The fourth-order valence-electron chi connectivity index (χ4n) is 5.00. The summed E-state index contributed by atoms with van der Waals surface area (Å²) in [6.07, 6.45) is -1.41. The number of nitrogens with two attached hydrogens (primary N) is 1. The summed E-state index contributed by atoms with van der Waals surface area (Å²) in [4.78, 5) is 51.4. The van der Waals surface area contributed by atoms with Crippen LogP contribution in [0.2, 0.25) is 0 Å². The topological polar surface area (TPSA) is 216 Å². The molecule has 6 atom stereocenters. The van der Waals surface area contributed by atoms with Crippen molar-refractivity contribution in [2.24, 2.45) is 0 Å². The number of imidazole rings is 1. The van der Waals surface area contributed by atoms with E-state index in [-0.39, 0.29) is 18.8 Å². The number of alkyl carbamates (subject to hydrolysis) is 1. The summed E-state index contributed by atoms with van der Waals surface area (Å²) in [6, 6.07) is 15.0. The summed E-state index contributed by atoms with van der Waals surface area (Å²) in [5, 5.41) is 29.0. The number of amides is 3. The molecule has 0 spiro atoms. The van der Waals surface area contributed by atoms with E-state index in [1.807, 2.05) is 48.5 Å². The molecule has 15 heteroatoms. The fraction of sp³-hybridized carbons (Fsp3) is 0.333. The number of hydrogen-bond donors (Lipinski definition) is 6. The predicted molar refractivity (Wildman–Crippen MR) is 160 cm³/mol. The standard InChI is InChI=1S/C30H34N8O7/c1-17(27(41)37-22-21(13-39)45-29(24(22)40)38-16-34-23-25(31)32-15-33-26(23)38)35-28(42)20(12-18-8-4-2-5-9-18)36-30(43)44-14-19-10-6-3-7-11-19/h2-11,15-17,20-22,24,29,39-40H,12-14H2,1H3,(H,35,42)(H,36,43)(H,37,41)(H2,31,32,33). The third-order valence-electron chi connectivity index (χ3n) is 7.38. The van der Waals surface area contributed by atoms with E-state index in [1.54, 1.807) is 12.1 Å². The van der Waals surface area contributed by atoms with Gasteiger partial charge in [-0.2, -0.15) is 0 Å². The van der Waals surface area contributed by atoms with Crippen molar-refractivity contribution in [1.29, 1.82) is 0 Å². The Morgan fingerprint density at radius 2 is 1.69 bits per heavy atom. The minimum atomic E-state index is -1.32. The molecule has 2 aromatic heterocycles. The zero-order valence-corrected chi connectivity index (χ0v) is 24.3. The molecule has 1 saturated heterocycles. The van der Waals surface area contributed by atoms with Gasteiger partial charge in [0.15, 0.2) is 17.7 Å². The Bertz CT molecular complexity index is 1620. The summed E-state index contributed by atoms with van der Waals surface area (Å²) in [7, 11) is 0. The molecule has 0 aliphatic carbocycles. The van der Waals surface area contributed by atoms with Gasteiger partial charge in [-0.25, -0.2) is 19.7 Å². The smallest absolute Gasteiger partial charge is 0.408 e. The van der Waals surface area contributed by atoms with E-state index < -0.39 is 61.1 Å². The Kier molecular flexibility index (Phi) is 9.82. The first kappa shape index (κ1) is 31.3. The maximum absolute atomic E-state index is 13.3. The number of anilines is 1. The number of carbonyl (C=O) groups is 3. The Morgan fingerprint density at radius 1 is 1.00 bits per heavy atom. The Hall–Kier alpha value is -5.12. The van der Waals surface area contributed by atoms with Crippen LogP contribution in [-0.2, 0) is 32.1 Å². The van der Waals surface area contributed by atoms with Crippen LogP contribution in [0.1, 0.15) is 24.3 Å². The highest BCUT2D eigenvalue weighted by molar-refractivity contribution is 5.91. The van der Waals surface area contributed by atoms with E-state index >= 15 is 0 Å². The lowest BCUT2D eigenvalue weighted by Crippen LogP contribution is -2.57. The molecule has 1 aliphatic rings. The van der Waals surface area contributed by atoms with Crippen molar-refractivity contribution in [1.82, 2.24) is 35.5 Å². The highest BCUT2D eigenvalue weighted by Crippen LogP contribution is 2.32. The van der Waals surface area contributed by atoms with Gasteiger partial charge in [0.05, 0.1) is 19.0 Å². The molecule has 1 aliphatic heterocycles. The van der Waals surface area contributed by atoms with Crippen LogP contribution in [0.15, 0.2) is 73.3 Å². The maximum atomic E-state index is 13.3. The largest absolute Gasteiger partial charge is 0.445 e. The molecule has 1 fully saturated rings. The van der Waals surface area contributed by atoms with Gasteiger partial charge in [-0.1, -0.05) is 60.7 Å². The highest BCUT2D eigenvalue weighted by Gasteiger charge is 2.46. The van der Waals surface area contributed by atoms with Crippen LogP contribution in [0, 0.1) is 0 Å². The van der Waals surface area contributed by atoms with E-state index in [0.717, 1.165) is 11.1 Å². The first-order chi connectivity index (χ1) is 21.7. The summed E-state index contributed by atoms with van der Waals surface area (Å²) in [6.45, 7) is 0.952. The summed E-state index contributed by atoms with van der Waals surface area (Å²) >= 11 is 0. The molecule has 3 heterocycles. The van der Waals surface area contributed by atoms with Gasteiger partial charge in [0.1, 0.15) is 42.7 Å². The van der Waals surface area contributed by atoms with Crippen molar-refractivity contribution >= 4 is 34.9 Å². The predicted octanol–water partition coefficient (Wildman–Crippen LogP) is 0.186. The number of ether oxygens (including phenoxy) is 2. The van der Waals surface area contributed by atoms with E-state index in [4.69, 9.17) is 15.2 Å². The normalized spacial score (nSPS) is 20.7. The van der Waals surface area contributed by atoms with Gasteiger partial charge in [-0.05, 0) is 18.1 Å². The van der Waals surface area contributed by atoms with Crippen molar-refractivity contribution in [2.45, 2.75) is 56.5 Å². The third kappa shape index (κ3) is 7.34. The molecule has 7 N–H and O–H groups in total. The first-order valence-electron chi connectivity index (χ1n) is 14.2. The Labute approximate surface area is 257 Å². The molecule has 5 rings (SSSR count). The first-order valence-corrected chi connectivity index (χ1v) is 14.2. The minimum Gasteiger partial charge on any atom is -0.445 e. The van der Waals surface area contributed by atoms with Gasteiger partial charge in [0.2, 0.25) is 11.8 Å². The van der Waals surface area contributed by atoms with E-state index in [2.05, 4.69) is 30.9 Å². The molecule has 0 radical (unpaired) electrons. The number of nitrogens with one attached hydrogen (secondary N) is 3. The number of carbonyl (C=O) groups excluding carboxylic acids is 3. The van der Waals surface area contributed by atoms with Crippen LogP contribution in [-0.4, -0.2) is 84.6 Å². The molecule has 0 bridgehead atoms. The molecule has 2 aromatic carbocycles. The average Bonchev–Trinajstić information content (AvgIpc) is 3.61. The number of nitrogen functional groups attached to an aromatic ring is 1. The molecule has 0 saturated carbocycles. The lowest BCUT2D eigenvalue weighted by molar-refractivity contribution is -0.130. The number of aromatic nitrogens is 4. The van der Waals surface area contributed by atoms with Gasteiger partial charge < -0.3 is 41.4 Å². The van der Waals surface area contributed by atoms with Crippen LogP contribution < -0.4 is 21.7 Å². The van der Waals surface area contributed by atoms with Gasteiger partial charge in [-0.3, -0.25) is 14.2 Å². The average molecular weight is 619 g/mol. The van der Waals surface area contributed by atoms with Crippen molar-refractivity contribution in [2.75, 3.05) is 12.3 Å². The number of fused-ring (bicyclic) bond motifs is 1. The van der Waals surface area contributed by atoms with E-state index in [0.29, 0.717) is 11.2 Å². The fourth-order valence-corrected chi connectivity index (χ4v) is 5.00. The number of nitrogens with zero attached hydrogens (tertiary/aromatic N) is 4. The second-order valence-corrected chi connectivity index (χ2v) is 10.5. The second kappa shape index (κ2) is 14.1. The molecular formula is C30H34N8O7. The Morgan fingerprint density at radius 3 is 2.38 bits per heavy atom. The molecule has 45 heavy (non-hydrogen) atoms. The van der Waals surface area contributed by atoms with E-state index in [1.165, 1.54) is 24.1 Å². The van der Waals surface area contributed by atoms with Crippen LogP contribution in [0.25, 0.3) is 11.2 Å². The number of aliphatic hydroxyl groups excluding tert-OH is 2. The van der Waals surface area contributed by atoms with Gasteiger partial charge in [0.25, 0.3) is 0 Å². The summed E-state index contributed by atoms with van der Waals surface area (Å²) in [5.74, 6) is -1.13. The van der Waals surface area contributed by atoms with Gasteiger partial charge in [-0.15, -0.1) is 0 Å². The molecule has 6 unspecified atom stereocenters. The molecule has 4 aromatic rings. The molecule has 15 nitrogen and oxygen atoms in total. The van der Waals surface area contributed by atoms with Gasteiger partial charge >= 0.3 is 6.09 Å². The lowest BCUT2D eigenvalue weighted by Gasteiger charge is -2.24. The number of benzene rings is 2. The SMILES string of the molecule is CC(NC(=O)C(Cc1ccccc1)NC(=O)OCc1ccccc1)C(=O)NC1C(CO)OC(n2cnc3c(N)ncnc32)C1O. The van der Waals surface area contributed by atoms with Crippen molar-refractivity contribution in [3.63, 3.8) is 0 Å². The zero-order chi connectivity index (χ0) is 31.9. The van der Waals surface area contributed by atoms with Crippen LogP contribution in [0.3, 0.4) is 0 Å². The highest BCUT2D eigenvalue weighted by atomic mass is 16.6. The number of aliphatic hydroxyl groups is 2. The number of rotatable bonds is 11. The third-order valence-corrected chi connectivity index (χ3v) is 7.38. The van der Waals surface area contributed by atoms with Gasteiger partial charge in [0, 0.05) is 6.42 Å². The summed E-state index contributed by atoms with van der Waals surface area (Å²) < 4.78 is 12.6. The number of hydrogen-bond acceptors (Lipinski definition) is 11.